The summed E-state index contributed by atoms with van der Waals surface area (Å²) in [6, 6.07) is 4.85. The third-order valence-corrected chi connectivity index (χ3v) is 4.10. The van der Waals surface area contributed by atoms with E-state index in [1.807, 2.05) is 18.5 Å². The molecule has 1 aliphatic carbocycles. The largest absolute Gasteiger partial charge is 0.314 e. The van der Waals surface area contributed by atoms with Crippen molar-refractivity contribution in [3.8, 4) is 0 Å². The normalized spacial score (nSPS) is 18.1. The van der Waals surface area contributed by atoms with Crippen LogP contribution >= 0.6 is 0 Å². The molecule has 100 valence electrons. The molecule has 1 heterocycles. The van der Waals surface area contributed by atoms with Crippen molar-refractivity contribution >= 4 is 0 Å². The topological polar surface area (TPSA) is 24.9 Å². The van der Waals surface area contributed by atoms with Crippen LogP contribution in [0.5, 0.6) is 0 Å². The van der Waals surface area contributed by atoms with E-state index in [2.05, 4.69) is 23.3 Å². The molecule has 2 rings (SSSR count). The van der Waals surface area contributed by atoms with Gasteiger partial charge in [-0.1, -0.05) is 38.7 Å². The molecule has 2 nitrogen and oxygen atoms in total. The Morgan fingerprint density at radius 1 is 1.39 bits per heavy atom. The molecule has 1 atom stereocenters. The van der Waals surface area contributed by atoms with Crippen LogP contribution in [0.1, 0.15) is 51.0 Å². The number of aromatic nitrogens is 1. The average Bonchev–Trinajstić information content (AvgIpc) is 2.91. The van der Waals surface area contributed by atoms with Crippen molar-refractivity contribution in [2.75, 3.05) is 6.54 Å². The molecule has 0 spiro atoms. The zero-order valence-electron chi connectivity index (χ0n) is 11.6. The molecule has 1 aromatic rings. The van der Waals surface area contributed by atoms with Gasteiger partial charge in [0, 0.05) is 18.4 Å². The highest BCUT2D eigenvalue weighted by molar-refractivity contribution is 5.10. The van der Waals surface area contributed by atoms with Gasteiger partial charge in [0.1, 0.15) is 0 Å². The molecule has 1 unspecified atom stereocenters. The number of pyridine rings is 1. The molecule has 0 saturated heterocycles. The Bertz CT molecular complexity index is 317. The molecule has 1 N–H and O–H groups in total. The summed E-state index contributed by atoms with van der Waals surface area (Å²) in [7, 11) is 0. The van der Waals surface area contributed by atoms with Crippen LogP contribution in [0.25, 0.3) is 0 Å². The Morgan fingerprint density at radius 2 is 2.22 bits per heavy atom. The van der Waals surface area contributed by atoms with Crippen molar-refractivity contribution in [3.05, 3.63) is 30.1 Å². The Labute approximate surface area is 111 Å². The Kier molecular flexibility index (Phi) is 5.66. The second-order valence-corrected chi connectivity index (χ2v) is 5.55. The van der Waals surface area contributed by atoms with Gasteiger partial charge < -0.3 is 5.32 Å². The molecule has 1 aliphatic rings. The zero-order chi connectivity index (χ0) is 12.6. The number of hydrogen-bond acceptors (Lipinski definition) is 2. The summed E-state index contributed by atoms with van der Waals surface area (Å²) < 4.78 is 0. The Hall–Kier alpha value is -0.890. The van der Waals surface area contributed by atoms with Gasteiger partial charge in [-0.2, -0.15) is 0 Å². The van der Waals surface area contributed by atoms with Gasteiger partial charge in [-0.05, 0) is 43.4 Å². The fraction of sp³-hybridized carbons (Fsp3) is 0.688. The molecule has 18 heavy (non-hydrogen) atoms. The molecule has 0 bridgehead atoms. The van der Waals surface area contributed by atoms with Crippen LogP contribution in [-0.2, 0) is 6.42 Å². The van der Waals surface area contributed by atoms with Crippen molar-refractivity contribution < 1.29 is 0 Å². The maximum Gasteiger partial charge on any atom is 0.0300 e. The van der Waals surface area contributed by atoms with Crippen molar-refractivity contribution in [2.45, 2.75) is 57.9 Å². The Morgan fingerprint density at radius 3 is 2.89 bits per heavy atom. The molecule has 1 saturated carbocycles. The predicted molar refractivity (Wildman–Crippen MR) is 76.6 cm³/mol. The van der Waals surface area contributed by atoms with Crippen molar-refractivity contribution in [2.24, 2.45) is 5.92 Å². The monoisotopic (exact) mass is 246 g/mol. The molecule has 1 fully saturated rings. The summed E-state index contributed by atoms with van der Waals surface area (Å²) in [6.45, 7) is 3.27. The maximum absolute atomic E-state index is 4.21. The van der Waals surface area contributed by atoms with Gasteiger partial charge in [0.15, 0.2) is 0 Å². The number of nitrogens with one attached hydrogen (secondary N) is 1. The summed E-state index contributed by atoms with van der Waals surface area (Å²) in [5, 5.41) is 3.63. The number of hydrogen-bond donors (Lipinski definition) is 1. The van der Waals surface area contributed by atoms with Gasteiger partial charge in [0.2, 0.25) is 0 Å². The van der Waals surface area contributed by atoms with E-state index >= 15 is 0 Å². The second-order valence-electron chi connectivity index (χ2n) is 5.55. The van der Waals surface area contributed by atoms with Gasteiger partial charge in [-0.15, -0.1) is 0 Å². The third kappa shape index (κ3) is 4.41. The fourth-order valence-electron chi connectivity index (χ4n) is 3.10. The van der Waals surface area contributed by atoms with Crippen LogP contribution in [0, 0.1) is 5.92 Å². The highest BCUT2D eigenvalue weighted by atomic mass is 14.9. The zero-order valence-corrected chi connectivity index (χ0v) is 11.6. The minimum atomic E-state index is 0.625. The summed E-state index contributed by atoms with van der Waals surface area (Å²) in [6.07, 6.45) is 13.5. The van der Waals surface area contributed by atoms with E-state index in [9.17, 15) is 0 Å². The third-order valence-electron chi connectivity index (χ3n) is 4.10. The minimum Gasteiger partial charge on any atom is -0.314 e. The Balaban J connectivity index is 1.79. The van der Waals surface area contributed by atoms with Crippen molar-refractivity contribution in [3.63, 3.8) is 0 Å². The highest BCUT2D eigenvalue weighted by Gasteiger charge is 2.17. The van der Waals surface area contributed by atoms with Gasteiger partial charge in [0.25, 0.3) is 0 Å². The van der Waals surface area contributed by atoms with Crippen LogP contribution in [0.4, 0.5) is 0 Å². The SMILES string of the molecule is CCNC(CCC1CCCC1)Cc1cccnc1. The first-order valence-corrected chi connectivity index (χ1v) is 7.50. The lowest BCUT2D eigenvalue weighted by molar-refractivity contribution is 0.407. The molecule has 0 amide bonds. The number of rotatable bonds is 7. The predicted octanol–water partition coefficient (Wildman–Crippen LogP) is 3.57. The van der Waals surface area contributed by atoms with E-state index in [0.29, 0.717) is 6.04 Å². The smallest absolute Gasteiger partial charge is 0.0300 e. The van der Waals surface area contributed by atoms with Crippen LogP contribution in [0.3, 0.4) is 0 Å². The second kappa shape index (κ2) is 7.52. The van der Waals surface area contributed by atoms with E-state index in [4.69, 9.17) is 0 Å². The molecular weight excluding hydrogens is 220 g/mol. The first kappa shape index (κ1) is 13.5. The lowest BCUT2D eigenvalue weighted by Gasteiger charge is -2.19. The minimum absolute atomic E-state index is 0.625. The molecule has 0 radical (unpaired) electrons. The quantitative estimate of drug-likeness (QED) is 0.795. The average molecular weight is 246 g/mol. The van der Waals surface area contributed by atoms with Crippen LogP contribution in [-0.4, -0.2) is 17.6 Å². The first-order valence-electron chi connectivity index (χ1n) is 7.50. The lowest BCUT2D eigenvalue weighted by Crippen LogP contribution is -2.31. The maximum atomic E-state index is 4.21. The molecule has 0 aliphatic heterocycles. The highest BCUT2D eigenvalue weighted by Crippen LogP contribution is 2.29. The van der Waals surface area contributed by atoms with E-state index in [0.717, 1.165) is 18.9 Å². The fourth-order valence-corrected chi connectivity index (χ4v) is 3.10. The molecule has 2 heteroatoms. The summed E-state index contributed by atoms with van der Waals surface area (Å²) in [5.74, 6) is 1.00. The van der Waals surface area contributed by atoms with E-state index in [-0.39, 0.29) is 0 Å². The summed E-state index contributed by atoms with van der Waals surface area (Å²) in [5.41, 5.74) is 1.36. The van der Waals surface area contributed by atoms with E-state index < -0.39 is 0 Å². The summed E-state index contributed by atoms with van der Waals surface area (Å²) in [4.78, 5) is 4.21. The van der Waals surface area contributed by atoms with E-state index in [1.54, 1.807) is 0 Å². The molecule has 1 aromatic heterocycles. The van der Waals surface area contributed by atoms with Gasteiger partial charge in [-0.3, -0.25) is 4.98 Å². The van der Waals surface area contributed by atoms with Gasteiger partial charge >= 0.3 is 0 Å². The summed E-state index contributed by atoms with van der Waals surface area (Å²) >= 11 is 0. The molecular formula is C16H26N2. The van der Waals surface area contributed by atoms with Crippen molar-refractivity contribution in [1.82, 2.24) is 10.3 Å². The molecule has 0 aromatic carbocycles. The first-order chi connectivity index (χ1) is 8.88. The standard InChI is InChI=1S/C16H26N2/c1-2-18-16(10-9-14-6-3-4-7-14)12-15-8-5-11-17-13-15/h5,8,11,13-14,16,18H,2-4,6-7,9-10,12H2,1H3. The van der Waals surface area contributed by atoms with E-state index in [1.165, 1.54) is 44.1 Å². The van der Waals surface area contributed by atoms with Crippen LogP contribution < -0.4 is 5.32 Å². The van der Waals surface area contributed by atoms with Crippen LogP contribution in [0.15, 0.2) is 24.5 Å². The number of likely N-dealkylation sites (N-methyl/N-ethyl adjacent to an activating group) is 1. The van der Waals surface area contributed by atoms with Crippen molar-refractivity contribution in [1.29, 1.82) is 0 Å². The van der Waals surface area contributed by atoms with Gasteiger partial charge in [0.05, 0.1) is 0 Å². The van der Waals surface area contributed by atoms with Crippen LogP contribution in [0.2, 0.25) is 0 Å². The van der Waals surface area contributed by atoms with Gasteiger partial charge in [-0.25, -0.2) is 0 Å². The number of nitrogens with zero attached hydrogens (tertiary/aromatic N) is 1. The lowest BCUT2D eigenvalue weighted by atomic mass is 9.95.